The minimum absolute atomic E-state index is 0.00963. The van der Waals surface area contributed by atoms with E-state index < -0.39 is 29.8 Å². The van der Waals surface area contributed by atoms with E-state index in [0.29, 0.717) is 17.9 Å². The van der Waals surface area contributed by atoms with Gasteiger partial charge in [0.2, 0.25) is 22.4 Å². The normalized spacial score (nSPS) is 11.0. The van der Waals surface area contributed by atoms with Crippen molar-refractivity contribution in [2.45, 2.75) is 13.3 Å². The zero-order chi connectivity index (χ0) is 21.7. The second-order valence-electron chi connectivity index (χ2n) is 5.90. The van der Waals surface area contributed by atoms with Crippen LogP contribution in [-0.4, -0.2) is 35.4 Å². The van der Waals surface area contributed by atoms with Gasteiger partial charge >= 0.3 is 0 Å². The Morgan fingerprint density at radius 3 is 2.67 bits per heavy atom. The van der Waals surface area contributed by atoms with Crippen molar-refractivity contribution in [1.82, 2.24) is 15.4 Å². The molecule has 0 radical (unpaired) electrons. The van der Waals surface area contributed by atoms with Crippen molar-refractivity contribution in [2.75, 3.05) is 23.4 Å². The highest BCUT2D eigenvalue weighted by Gasteiger charge is 2.25. The Morgan fingerprint density at radius 2 is 2.00 bits per heavy atom. The molecule has 2 aromatic heterocycles. The van der Waals surface area contributed by atoms with Crippen molar-refractivity contribution in [1.29, 1.82) is 0 Å². The average Bonchev–Trinajstić information content (AvgIpc) is 3.12. The summed E-state index contributed by atoms with van der Waals surface area (Å²) in [7, 11) is 0. The van der Waals surface area contributed by atoms with Gasteiger partial charge in [-0.2, -0.15) is 4.39 Å². The lowest BCUT2D eigenvalue weighted by atomic mass is 10.2. The maximum absolute atomic E-state index is 14.6. The molecular weight excluding hydrogens is 424 g/mol. The van der Waals surface area contributed by atoms with Gasteiger partial charge in [0.15, 0.2) is 11.4 Å². The summed E-state index contributed by atoms with van der Waals surface area (Å²) in [6.07, 6.45) is -1.35. The Hall–Kier alpha value is -3.12. The third-order valence-corrected chi connectivity index (χ3v) is 4.60. The second-order valence-corrected chi connectivity index (χ2v) is 6.82. The first-order valence-corrected chi connectivity index (χ1v) is 9.60. The second kappa shape index (κ2) is 9.59. The zero-order valence-electron chi connectivity index (χ0n) is 15.6. The third-order valence-electron chi connectivity index (χ3n) is 3.77. The number of rotatable bonds is 8. The van der Waals surface area contributed by atoms with Crippen LogP contribution >= 0.6 is 11.3 Å². The molecule has 0 aliphatic rings. The topological polar surface area (TPSA) is 84.3 Å². The fourth-order valence-electron chi connectivity index (χ4n) is 2.46. The van der Waals surface area contributed by atoms with Crippen LogP contribution in [0.5, 0.6) is 0 Å². The highest BCUT2D eigenvalue weighted by molar-refractivity contribution is 7.14. The van der Waals surface area contributed by atoms with E-state index in [1.807, 2.05) is 0 Å². The molecule has 0 atom stereocenters. The predicted octanol–water partition coefficient (Wildman–Crippen LogP) is 3.15. The van der Waals surface area contributed by atoms with Crippen molar-refractivity contribution in [3.8, 4) is 11.4 Å². The number of nitrogens with zero attached hydrogens (tertiary/aromatic N) is 3. The van der Waals surface area contributed by atoms with Gasteiger partial charge in [-0.05, 0) is 24.3 Å². The Bertz CT molecular complexity index is 1010. The van der Waals surface area contributed by atoms with Gasteiger partial charge in [-0.1, -0.05) is 18.3 Å². The molecule has 0 aliphatic carbocycles. The van der Waals surface area contributed by atoms with Gasteiger partial charge in [-0.25, -0.2) is 28.6 Å². The molecule has 0 aliphatic heterocycles. The zero-order valence-corrected chi connectivity index (χ0v) is 16.4. The molecule has 3 rings (SSSR count). The summed E-state index contributed by atoms with van der Waals surface area (Å²) in [5.74, 6) is -0.835. The number of hydrazine groups is 1. The maximum atomic E-state index is 14.6. The summed E-state index contributed by atoms with van der Waals surface area (Å²) >= 11 is 0.608. The van der Waals surface area contributed by atoms with Crippen molar-refractivity contribution in [3.05, 3.63) is 53.2 Å². The largest absolute Gasteiger partial charge is 0.300 e. The highest BCUT2D eigenvalue weighted by Crippen LogP contribution is 2.31. The first kappa shape index (κ1) is 21.6. The number of amides is 1. The lowest BCUT2D eigenvalue weighted by Gasteiger charge is -2.19. The van der Waals surface area contributed by atoms with E-state index >= 15 is 0 Å². The Balaban J connectivity index is 1.90. The number of H-pyrrole nitrogens is 1. The van der Waals surface area contributed by atoms with Crippen molar-refractivity contribution in [2.24, 2.45) is 0 Å². The van der Waals surface area contributed by atoms with Gasteiger partial charge < -0.3 is 0 Å². The summed E-state index contributed by atoms with van der Waals surface area (Å²) in [6, 6.07) is 6.24. The number of halogens is 4. The Morgan fingerprint density at radius 1 is 1.27 bits per heavy atom. The van der Waals surface area contributed by atoms with Crippen LogP contribution in [-0.2, 0) is 0 Å². The van der Waals surface area contributed by atoms with Crippen LogP contribution in [0, 0.1) is 10.9 Å². The fourth-order valence-corrected chi connectivity index (χ4v) is 3.24. The minimum Gasteiger partial charge on any atom is -0.300 e. The Kier molecular flexibility index (Phi) is 6.90. The molecule has 30 heavy (non-hydrogen) atoms. The van der Waals surface area contributed by atoms with E-state index in [4.69, 9.17) is 0 Å². The lowest BCUT2D eigenvalue weighted by molar-refractivity contribution is -0.366. The molecule has 3 aromatic rings. The predicted molar refractivity (Wildman–Crippen MR) is 103 cm³/mol. The average molecular weight is 441 g/mol. The number of carbonyl (C=O) groups is 1. The number of benzene rings is 1. The monoisotopic (exact) mass is 441 g/mol. The van der Waals surface area contributed by atoms with Crippen molar-refractivity contribution < 1.29 is 27.3 Å². The molecule has 0 saturated heterocycles. The Labute approximate surface area is 172 Å². The van der Waals surface area contributed by atoms with E-state index in [9.17, 15) is 22.4 Å². The van der Waals surface area contributed by atoms with Crippen LogP contribution in [0.2, 0.25) is 0 Å². The molecule has 0 bridgehead atoms. The van der Waals surface area contributed by atoms with Crippen LogP contribution in [0.15, 0.2) is 36.7 Å². The lowest BCUT2D eigenvalue weighted by Crippen LogP contribution is -2.43. The van der Waals surface area contributed by atoms with Gasteiger partial charge in [0.05, 0.1) is 6.07 Å². The number of aromatic amines is 1. The number of thiazole rings is 1. The van der Waals surface area contributed by atoms with Crippen LogP contribution < -0.4 is 20.7 Å². The summed E-state index contributed by atoms with van der Waals surface area (Å²) in [6.45, 7) is 1.49. The number of nitrogens with one attached hydrogen (secondary N) is 3. The van der Waals surface area contributed by atoms with Gasteiger partial charge in [0.1, 0.15) is 12.4 Å². The quantitative estimate of drug-likeness (QED) is 0.415. The van der Waals surface area contributed by atoms with Gasteiger partial charge in [0, 0.05) is 12.1 Å². The molecular formula is C18H17F4N6OS+. The summed E-state index contributed by atoms with van der Waals surface area (Å²) in [5, 5.41) is 2.83. The smallest absolute Gasteiger partial charge is 0.274 e. The molecule has 158 valence electrons. The molecule has 1 amide bonds. The van der Waals surface area contributed by atoms with E-state index in [0.717, 1.165) is 17.1 Å². The van der Waals surface area contributed by atoms with E-state index in [-0.39, 0.29) is 27.9 Å². The molecule has 2 heterocycles. The van der Waals surface area contributed by atoms with E-state index in [2.05, 4.69) is 25.7 Å². The summed E-state index contributed by atoms with van der Waals surface area (Å²) in [5.41, 5.74) is 2.93. The standard InChI is InChI=1S/C18H16F4N6OS/c1-2-26-28(17(29)10-3-5-11(19)6-4-10)18-27-15(16(22)30-18)12-7-14(25-9-24-12)23-8-13(20)21/h3-7,9,13,26H,2,8H2,1H3,(H,23,24,25)/p+1. The number of anilines is 2. The number of hydrogen-bond acceptors (Lipinski definition) is 6. The van der Waals surface area contributed by atoms with E-state index in [1.54, 1.807) is 6.92 Å². The molecule has 3 N–H and O–H groups in total. The van der Waals surface area contributed by atoms with Crippen molar-refractivity contribution >= 4 is 28.2 Å². The summed E-state index contributed by atoms with van der Waals surface area (Å²) in [4.78, 5) is 23.6. The van der Waals surface area contributed by atoms with Gasteiger partial charge in [-0.15, -0.1) is 4.98 Å². The van der Waals surface area contributed by atoms with Crippen molar-refractivity contribution in [3.63, 3.8) is 0 Å². The molecule has 1 aromatic carbocycles. The SMILES string of the molecule is CCNN(C(=O)c1ccc(F)cc1)c1nc(-c2cc(NCC(F)F)[nH+]cn2)c(F)s1. The first-order valence-electron chi connectivity index (χ1n) is 8.79. The number of carbonyl (C=O) groups excluding carboxylic acids is 1. The maximum Gasteiger partial charge on any atom is 0.274 e. The number of hydrogen-bond donors (Lipinski definition) is 2. The van der Waals surface area contributed by atoms with Crippen LogP contribution in [0.3, 0.4) is 0 Å². The molecule has 7 nitrogen and oxygen atoms in total. The summed E-state index contributed by atoms with van der Waals surface area (Å²) < 4.78 is 52.5. The molecule has 0 saturated carbocycles. The van der Waals surface area contributed by atoms with Gasteiger partial charge in [0.25, 0.3) is 12.3 Å². The van der Waals surface area contributed by atoms with Gasteiger partial charge in [-0.3, -0.25) is 15.1 Å². The number of alkyl halides is 2. The first-order chi connectivity index (χ1) is 14.4. The minimum atomic E-state index is -2.57. The molecule has 0 spiro atoms. The van der Waals surface area contributed by atoms with E-state index in [1.165, 1.54) is 24.5 Å². The van der Waals surface area contributed by atoms with Crippen LogP contribution in [0.1, 0.15) is 17.3 Å². The fraction of sp³-hybridized carbons (Fsp3) is 0.222. The molecule has 0 fully saturated rings. The number of aromatic nitrogens is 3. The molecule has 0 unspecified atom stereocenters. The van der Waals surface area contributed by atoms with Crippen LogP contribution in [0.4, 0.5) is 28.5 Å². The van der Waals surface area contributed by atoms with Crippen LogP contribution in [0.25, 0.3) is 11.4 Å². The molecule has 12 heteroatoms. The highest BCUT2D eigenvalue weighted by atomic mass is 32.1. The third kappa shape index (κ3) is 5.07.